The quantitative estimate of drug-likeness (QED) is 0.728. The Morgan fingerprint density at radius 1 is 1.03 bits per heavy atom. The van der Waals surface area contributed by atoms with Crippen molar-refractivity contribution in [3.05, 3.63) is 54.1 Å². The molecular weight excluding hydrogens is 433 g/mol. The summed E-state index contributed by atoms with van der Waals surface area (Å²) in [6.07, 6.45) is -3.37. The van der Waals surface area contributed by atoms with Gasteiger partial charge in [-0.15, -0.1) is 0 Å². The average molecular weight is 463 g/mol. The van der Waals surface area contributed by atoms with Crippen molar-refractivity contribution < 1.29 is 22.7 Å². The van der Waals surface area contributed by atoms with Crippen LogP contribution in [0.4, 0.5) is 29.3 Å². The molecule has 0 bridgehead atoms. The Hall–Kier alpha value is -3.10. The number of alkyl halides is 3. The lowest BCUT2D eigenvalue weighted by Crippen LogP contribution is -2.52. The number of carbonyl (C=O) groups is 1. The van der Waals surface area contributed by atoms with Gasteiger partial charge in [0.1, 0.15) is 5.75 Å². The van der Waals surface area contributed by atoms with Crippen LogP contribution in [0.1, 0.15) is 12.0 Å². The van der Waals surface area contributed by atoms with Crippen molar-refractivity contribution in [3.63, 3.8) is 0 Å². The minimum Gasteiger partial charge on any atom is -0.495 e. The average Bonchev–Trinajstić information content (AvgIpc) is 3.31. The van der Waals surface area contributed by atoms with Crippen LogP contribution in [0.25, 0.3) is 0 Å². The lowest BCUT2D eigenvalue weighted by molar-refractivity contribution is -0.137. The van der Waals surface area contributed by atoms with Crippen molar-refractivity contribution in [2.24, 2.45) is 5.92 Å². The molecule has 2 aromatic rings. The summed E-state index contributed by atoms with van der Waals surface area (Å²) in [5, 5.41) is 3.04. The van der Waals surface area contributed by atoms with E-state index in [0.29, 0.717) is 44.3 Å². The molecule has 2 aliphatic rings. The van der Waals surface area contributed by atoms with Crippen LogP contribution in [0.3, 0.4) is 0 Å². The van der Waals surface area contributed by atoms with Crippen molar-refractivity contribution in [1.82, 2.24) is 10.2 Å². The highest BCUT2D eigenvalue weighted by Crippen LogP contribution is 2.33. The number of carbonyl (C=O) groups excluding carboxylic acids is 1. The number of benzene rings is 2. The number of nitrogens with one attached hydrogen (secondary N) is 1. The second-order valence-corrected chi connectivity index (χ2v) is 8.48. The maximum absolute atomic E-state index is 13.0. The topological polar surface area (TPSA) is 48.1 Å². The number of hydrogen-bond donors (Lipinski definition) is 1. The molecule has 2 saturated heterocycles. The maximum Gasteiger partial charge on any atom is 0.416 e. The molecule has 0 aliphatic carbocycles. The Bertz CT molecular complexity index is 961. The first kappa shape index (κ1) is 23.1. The standard InChI is InChI=1S/C24H29F3N4O2/c1-33-22-8-3-2-7-21(22)31-10-9-18(17-31)16-28-23(32)30-13-11-29(12-14-30)20-6-4-5-19(15-20)24(25,26)27/h2-8,15,18H,9-14,16-17H2,1H3,(H,28,32). The smallest absolute Gasteiger partial charge is 0.416 e. The molecule has 33 heavy (non-hydrogen) atoms. The fraction of sp³-hybridized carbons (Fsp3) is 0.458. The second-order valence-electron chi connectivity index (χ2n) is 8.48. The molecular formula is C24H29F3N4O2. The van der Waals surface area contributed by atoms with E-state index in [-0.39, 0.29) is 6.03 Å². The van der Waals surface area contributed by atoms with Crippen LogP contribution in [0, 0.1) is 5.92 Å². The predicted molar refractivity (Wildman–Crippen MR) is 122 cm³/mol. The van der Waals surface area contributed by atoms with E-state index in [9.17, 15) is 18.0 Å². The zero-order valence-corrected chi connectivity index (χ0v) is 18.6. The van der Waals surface area contributed by atoms with E-state index in [0.717, 1.165) is 37.0 Å². The number of amides is 2. The number of hydrogen-bond acceptors (Lipinski definition) is 4. The van der Waals surface area contributed by atoms with Gasteiger partial charge in [-0.3, -0.25) is 0 Å². The van der Waals surface area contributed by atoms with Crippen LogP contribution in [-0.4, -0.2) is 63.9 Å². The zero-order chi connectivity index (χ0) is 23.4. The van der Waals surface area contributed by atoms with Crippen molar-refractivity contribution in [2.75, 3.05) is 62.7 Å². The predicted octanol–water partition coefficient (Wildman–Crippen LogP) is 4.07. The van der Waals surface area contributed by atoms with Crippen molar-refractivity contribution >= 4 is 17.4 Å². The summed E-state index contributed by atoms with van der Waals surface area (Å²) in [5.74, 6) is 1.20. The fourth-order valence-electron chi connectivity index (χ4n) is 4.50. The molecule has 1 N–H and O–H groups in total. The van der Waals surface area contributed by atoms with Gasteiger partial charge in [0.15, 0.2) is 0 Å². The number of ether oxygens (including phenoxy) is 1. The number of nitrogens with zero attached hydrogens (tertiary/aromatic N) is 3. The van der Waals surface area contributed by atoms with E-state index in [1.807, 2.05) is 29.2 Å². The van der Waals surface area contributed by atoms with Crippen LogP contribution in [0.15, 0.2) is 48.5 Å². The number of halogens is 3. The highest BCUT2D eigenvalue weighted by Gasteiger charge is 2.31. The molecule has 1 unspecified atom stereocenters. The van der Waals surface area contributed by atoms with Gasteiger partial charge in [0.2, 0.25) is 0 Å². The minimum absolute atomic E-state index is 0.116. The number of rotatable bonds is 5. The van der Waals surface area contributed by atoms with E-state index in [1.54, 1.807) is 18.1 Å². The third-order valence-electron chi connectivity index (χ3n) is 6.36. The Morgan fingerprint density at radius 3 is 2.52 bits per heavy atom. The summed E-state index contributed by atoms with van der Waals surface area (Å²) >= 11 is 0. The Balaban J connectivity index is 1.24. The number of piperazine rings is 1. The minimum atomic E-state index is -4.36. The Labute approximate surface area is 191 Å². The summed E-state index contributed by atoms with van der Waals surface area (Å²) in [4.78, 5) is 18.6. The first-order chi connectivity index (χ1) is 15.8. The number of urea groups is 1. The SMILES string of the molecule is COc1ccccc1N1CCC(CNC(=O)N2CCN(c3cccc(C(F)(F)F)c3)CC2)C1. The van der Waals surface area contributed by atoms with Gasteiger partial charge in [-0.05, 0) is 42.7 Å². The third-order valence-corrected chi connectivity index (χ3v) is 6.36. The van der Waals surface area contributed by atoms with Gasteiger partial charge in [-0.2, -0.15) is 13.2 Å². The summed E-state index contributed by atoms with van der Waals surface area (Å²) in [6.45, 7) is 4.30. The summed E-state index contributed by atoms with van der Waals surface area (Å²) in [5.41, 5.74) is 0.950. The molecule has 2 aromatic carbocycles. The molecule has 2 amide bonds. The van der Waals surface area contributed by atoms with E-state index >= 15 is 0 Å². The van der Waals surface area contributed by atoms with Crippen LogP contribution >= 0.6 is 0 Å². The molecule has 2 fully saturated rings. The first-order valence-electron chi connectivity index (χ1n) is 11.2. The summed E-state index contributed by atoms with van der Waals surface area (Å²) < 4.78 is 44.4. The largest absolute Gasteiger partial charge is 0.495 e. The molecule has 178 valence electrons. The highest BCUT2D eigenvalue weighted by atomic mass is 19.4. The number of anilines is 2. The lowest BCUT2D eigenvalue weighted by Gasteiger charge is -2.36. The molecule has 0 saturated carbocycles. The molecule has 0 spiro atoms. The van der Waals surface area contributed by atoms with Crippen molar-refractivity contribution in [1.29, 1.82) is 0 Å². The number of methoxy groups -OCH3 is 1. The fourth-order valence-corrected chi connectivity index (χ4v) is 4.50. The van der Waals surface area contributed by atoms with Crippen LogP contribution < -0.4 is 19.9 Å². The Kier molecular flexibility index (Phi) is 6.85. The van der Waals surface area contributed by atoms with E-state index in [4.69, 9.17) is 4.74 Å². The molecule has 9 heteroatoms. The van der Waals surface area contributed by atoms with Crippen molar-refractivity contribution in [2.45, 2.75) is 12.6 Å². The van der Waals surface area contributed by atoms with Gasteiger partial charge in [0, 0.05) is 51.5 Å². The normalized spacial score (nSPS) is 19.0. The molecule has 2 heterocycles. The highest BCUT2D eigenvalue weighted by molar-refractivity contribution is 5.74. The lowest BCUT2D eigenvalue weighted by atomic mass is 10.1. The maximum atomic E-state index is 13.0. The zero-order valence-electron chi connectivity index (χ0n) is 18.6. The van der Waals surface area contributed by atoms with E-state index in [2.05, 4.69) is 10.2 Å². The van der Waals surface area contributed by atoms with E-state index in [1.165, 1.54) is 12.1 Å². The van der Waals surface area contributed by atoms with Gasteiger partial charge in [-0.25, -0.2) is 4.79 Å². The van der Waals surface area contributed by atoms with E-state index < -0.39 is 11.7 Å². The van der Waals surface area contributed by atoms with Crippen LogP contribution in [0.5, 0.6) is 5.75 Å². The Morgan fingerprint density at radius 2 is 1.79 bits per heavy atom. The second kappa shape index (κ2) is 9.80. The monoisotopic (exact) mass is 462 g/mol. The third kappa shape index (κ3) is 5.46. The summed E-state index contributed by atoms with van der Waals surface area (Å²) in [6, 6.07) is 13.2. The van der Waals surface area contributed by atoms with Crippen LogP contribution in [-0.2, 0) is 6.18 Å². The molecule has 0 radical (unpaired) electrons. The van der Waals surface area contributed by atoms with Gasteiger partial charge in [0.05, 0.1) is 18.4 Å². The van der Waals surface area contributed by atoms with Gasteiger partial charge in [0.25, 0.3) is 0 Å². The number of para-hydroxylation sites is 2. The van der Waals surface area contributed by atoms with Gasteiger partial charge < -0.3 is 24.8 Å². The summed E-state index contributed by atoms with van der Waals surface area (Å²) in [7, 11) is 1.67. The van der Waals surface area contributed by atoms with Gasteiger partial charge in [-0.1, -0.05) is 18.2 Å². The molecule has 0 aromatic heterocycles. The molecule has 4 rings (SSSR count). The molecule has 2 aliphatic heterocycles. The molecule has 1 atom stereocenters. The van der Waals surface area contributed by atoms with Crippen LogP contribution in [0.2, 0.25) is 0 Å². The van der Waals surface area contributed by atoms with Gasteiger partial charge >= 0.3 is 12.2 Å². The molecule has 6 nitrogen and oxygen atoms in total. The van der Waals surface area contributed by atoms with Crippen molar-refractivity contribution in [3.8, 4) is 5.75 Å². The first-order valence-corrected chi connectivity index (χ1v) is 11.2.